The van der Waals surface area contributed by atoms with Gasteiger partial charge in [-0.05, 0) is 25.7 Å². The lowest BCUT2D eigenvalue weighted by Gasteiger charge is -2.26. The number of aliphatic hydroxyl groups excluding tert-OH is 4. The van der Waals surface area contributed by atoms with E-state index in [4.69, 9.17) is 28.8 Å². The highest BCUT2D eigenvalue weighted by Gasteiger charge is 2.52. The topological polar surface area (TPSA) is 164 Å². The molecule has 0 aromatic carbocycles. The predicted octanol–water partition coefficient (Wildman–Crippen LogP) is 0.888. The van der Waals surface area contributed by atoms with E-state index in [2.05, 4.69) is 18.9 Å². The Kier molecular flexibility index (Phi) is 20.3. The quantitative estimate of drug-likeness (QED) is 0.0530. The van der Waals surface area contributed by atoms with E-state index in [9.17, 15) is 41.7 Å². The van der Waals surface area contributed by atoms with E-state index < -0.39 is 69.9 Å². The lowest BCUT2D eigenvalue weighted by molar-refractivity contribution is -0.518. The molecule has 0 amide bonds. The van der Waals surface area contributed by atoms with Gasteiger partial charge in [0, 0.05) is 20.3 Å². The van der Waals surface area contributed by atoms with E-state index >= 15 is 0 Å². The average molecular weight is 667 g/mol. The Morgan fingerprint density at radius 2 is 1.11 bits per heavy atom. The van der Waals surface area contributed by atoms with Gasteiger partial charge < -0.3 is 53.6 Å². The summed E-state index contributed by atoms with van der Waals surface area (Å²) in [7, 11) is 1.60. The van der Waals surface area contributed by atoms with Crippen molar-refractivity contribution in [2.45, 2.75) is 74.7 Å². The molecule has 4 N–H and O–H groups in total. The Hall–Kier alpha value is -0.940. The SMILES string of the molecule is COC1CCC(OCC(O)COCCOCC(F)(F)OC(F)(F)OC(F)(F)COCC(O)COCC(O)COCCCO)C1. The lowest BCUT2D eigenvalue weighted by Crippen LogP contribution is -2.44. The second kappa shape index (κ2) is 21.8. The summed E-state index contributed by atoms with van der Waals surface area (Å²) >= 11 is 0. The third-order valence-electron chi connectivity index (χ3n) is 5.64. The fourth-order valence-electron chi connectivity index (χ4n) is 3.65. The van der Waals surface area contributed by atoms with Gasteiger partial charge in [0.2, 0.25) is 0 Å². The van der Waals surface area contributed by atoms with E-state index in [1.54, 1.807) is 7.11 Å². The first kappa shape index (κ1) is 41.1. The maximum absolute atomic E-state index is 13.7. The molecule has 0 aromatic rings. The Balaban J connectivity index is 2.18. The van der Waals surface area contributed by atoms with E-state index in [1.165, 1.54) is 0 Å². The Labute approximate surface area is 251 Å². The first-order valence-corrected chi connectivity index (χ1v) is 13.9. The summed E-state index contributed by atoms with van der Waals surface area (Å²) in [5.74, 6) is 0. The fraction of sp³-hybridized carbons (Fsp3) is 1.00. The number of methoxy groups -OCH3 is 1. The van der Waals surface area contributed by atoms with Crippen molar-refractivity contribution in [2.75, 3.05) is 86.4 Å². The molecule has 0 radical (unpaired) electrons. The monoisotopic (exact) mass is 666 g/mol. The lowest BCUT2D eigenvalue weighted by atomic mass is 10.3. The van der Waals surface area contributed by atoms with Crippen molar-refractivity contribution in [3.05, 3.63) is 0 Å². The van der Waals surface area contributed by atoms with Crippen LogP contribution in [0.2, 0.25) is 0 Å². The van der Waals surface area contributed by atoms with Crippen molar-refractivity contribution in [3.8, 4) is 0 Å². The van der Waals surface area contributed by atoms with Gasteiger partial charge in [-0.1, -0.05) is 0 Å². The highest BCUT2D eigenvalue weighted by Crippen LogP contribution is 2.33. The molecule has 5 unspecified atom stereocenters. The first-order valence-electron chi connectivity index (χ1n) is 13.9. The number of ether oxygens (including phenoxy) is 9. The van der Waals surface area contributed by atoms with Crippen LogP contribution in [0.4, 0.5) is 26.3 Å². The summed E-state index contributed by atoms with van der Waals surface area (Å²) in [6, 6.07) is 0. The largest absolute Gasteiger partial charge is 0.495 e. The third-order valence-corrected chi connectivity index (χ3v) is 5.64. The van der Waals surface area contributed by atoms with Crippen LogP contribution in [0, 0.1) is 0 Å². The maximum atomic E-state index is 13.7. The zero-order chi connectivity index (χ0) is 33.1. The highest BCUT2D eigenvalue weighted by atomic mass is 19.3. The van der Waals surface area contributed by atoms with Gasteiger partial charge in [0.1, 0.15) is 31.5 Å². The molecule has 0 heterocycles. The fourth-order valence-corrected chi connectivity index (χ4v) is 3.65. The molecule has 0 aromatic heterocycles. The summed E-state index contributed by atoms with van der Waals surface area (Å²) in [4.78, 5) is 0. The maximum Gasteiger partial charge on any atom is 0.495 e. The van der Waals surface area contributed by atoms with Crippen LogP contribution in [0.25, 0.3) is 0 Å². The van der Waals surface area contributed by atoms with Crippen molar-refractivity contribution in [2.24, 2.45) is 0 Å². The van der Waals surface area contributed by atoms with Crippen LogP contribution in [0.5, 0.6) is 0 Å². The number of alkyl halides is 6. The molecule has 264 valence electrons. The zero-order valence-corrected chi connectivity index (χ0v) is 24.4. The van der Waals surface area contributed by atoms with Crippen molar-refractivity contribution in [1.82, 2.24) is 0 Å². The molecular weight excluding hydrogens is 622 g/mol. The molecule has 0 saturated heterocycles. The normalized spacial score (nSPS) is 20.2. The van der Waals surface area contributed by atoms with Gasteiger partial charge in [0.15, 0.2) is 0 Å². The smallest absolute Gasteiger partial charge is 0.396 e. The molecule has 1 rings (SSSR count). The average Bonchev–Trinajstić information content (AvgIpc) is 3.38. The van der Waals surface area contributed by atoms with Crippen LogP contribution in [-0.4, -0.2) is 156 Å². The minimum atomic E-state index is -5.46. The van der Waals surface area contributed by atoms with E-state index in [0.717, 1.165) is 12.8 Å². The summed E-state index contributed by atoms with van der Waals surface area (Å²) in [6.07, 6.45) is -15.9. The summed E-state index contributed by atoms with van der Waals surface area (Å²) in [6.45, 7) is -6.29. The molecule has 19 heteroatoms. The zero-order valence-electron chi connectivity index (χ0n) is 24.4. The third kappa shape index (κ3) is 21.0. The molecule has 0 spiro atoms. The van der Waals surface area contributed by atoms with Gasteiger partial charge in [-0.15, -0.1) is 8.78 Å². The Morgan fingerprint density at radius 1 is 0.636 bits per heavy atom. The van der Waals surface area contributed by atoms with E-state index in [-0.39, 0.29) is 58.5 Å². The minimum absolute atomic E-state index is 0.0252. The number of aliphatic hydroxyl groups is 4. The van der Waals surface area contributed by atoms with Gasteiger partial charge in [-0.25, -0.2) is 9.47 Å². The van der Waals surface area contributed by atoms with Gasteiger partial charge in [-0.3, -0.25) is 0 Å². The highest BCUT2D eigenvalue weighted by molar-refractivity contribution is 4.76. The van der Waals surface area contributed by atoms with Crippen molar-refractivity contribution >= 4 is 0 Å². The second-order valence-electron chi connectivity index (χ2n) is 9.86. The van der Waals surface area contributed by atoms with Gasteiger partial charge >= 0.3 is 18.5 Å². The summed E-state index contributed by atoms with van der Waals surface area (Å²) in [5.41, 5.74) is 0. The molecule has 13 nitrogen and oxygen atoms in total. The standard InChI is InChI=1S/C25H44F6O13/c1-36-21-3-4-22(9-21)42-15-20(35)11-38-7-8-39-16-23(26,27)43-25(30,31)44-24(28,29)17-41-14-19(34)13-40-12-18(33)10-37-6-2-5-32/h18-22,32-35H,2-17H2,1H3. The van der Waals surface area contributed by atoms with Crippen molar-refractivity contribution < 1.29 is 89.4 Å². The molecular formula is C25H44F6O13. The number of rotatable bonds is 28. The molecule has 1 saturated carbocycles. The van der Waals surface area contributed by atoms with Crippen LogP contribution in [0.3, 0.4) is 0 Å². The summed E-state index contributed by atoms with van der Waals surface area (Å²) in [5, 5.41) is 37.7. The predicted molar refractivity (Wildman–Crippen MR) is 135 cm³/mol. The number of halogens is 6. The number of hydrogen-bond acceptors (Lipinski definition) is 13. The summed E-state index contributed by atoms with van der Waals surface area (Å²) < 4.78 is 123. The Morgan fingerprint density at radius 3 is 1.68 bits per heavy atom. The molecule has 1 aliphatic rings. The van der Waals surface area contributed by atoms with Crippen molar-refractivity contribution in [3.63, 3.8) is 0 Å². The minimum Gasteiger partial charge on any atom is -0.396 e. The van der Waals surface area contributed by atoms with Gasteiger partial charge in [-0.2, -0.15) is 17.6 Å². The van der Waals surface area contributed by atoms with Gasteiger partial charge in [0.25, 0.3) is 0 Å². The molecule has 1 fully saturated rings. The molecule has 1 aliphatic carbocycles. The Bertz CT molecular complexity index is 728. The van der Waals surface area contributed by atoms with E-state index in [0.29, 0.717) is 12.8 Å². The second-order valence-corrected chi connectivity index (χ2v) is 9.86. The van der Waals surface area contributed by atoms with Gasteiger partial charge in [0.05, 0.1) is 65.1 Å². The van der Waals surface area contributed by atoms with Crippen LogP contribution in [0.1, 0.15) is 25.7 Å². The molecule has 0 bridgehead atoms. The molecule has 5 atom stereocenters. The van der Waals surface area contributed by atoms with E-state index in [1.807, 2.05) is 0 Å². The van der Waals surface area contributed by atoms with Crippen LogP contribution in [-0.2, 0) is 42.6 Å². The number of hydrogen-bond donors (Lipinski definition) is 4. The first-order chi connectivity index (χ1) is 20.7. The molecule has 0 aliphatic heterocycles. The molecule has 44 heavy (non-hydrogen) atoms. The van der Waals surface area contributed by atoms with Crippen LogP contribution >= 0.6 is 0 Å². The van der Waals surface area contributed by atoms with Crippen LogP contribution in [0.15, 0.2) is 0 Å². The van der Waals surface area contributed by atoms with Crippen molar-refractivity contribution in [1.29, 1.82) is 0 Å². The van der Waals surface area contributed by atoms with Crippen LogP contribution < -0.4 is 0 Å².